The molecule has 1 fully saturated rings. The molecule has 5 nitrogen and oxygen atoms in total. The van der Waals surface area contributed by atoms with Gasteiger partial charge in [0, 0.05) is 24.8 Å². The molecule has 6 heteroatoms. The number of anilines is 1. The molecule has 0 unspecified atom stereocenters. The Morgan fingerprint density at radius 1 is 1.04 bits per heavy atom. The van der Waals surface area contributed by atoms with Gasteiger partial charge in [-0.3, -0.25) is 0 Å². The molecule has 0 bridgehead atoms. The normalized spacial score (nSPS) is 16.5. The fraction of sp³-hybridized carbons (Fsp3) is 0.400. The maximum absolute atomic E-state index is 12.8. The zero-order chi connectivity index (χ0) is 18.7. The third kappa shape index (κ3) is 4.26. The Balaban J connectivity index is 1.74. The van der Waals surface area contributed by atoms with Crippen LogP contribution in [0.1, 0.15) is 29.7 Å². The van der Waals surface area contributed by atoms with E-state index in [1.54, 1.807) is 6.07 Å². The summed E-state index contributed by atoms with van der Waals surface area (Å²) in [7, 11) is -3.57. The molecule has 0 aromatic heterocycles. The third-order valence-electron chi connectivity index (χ3n) is 4.73. The second-order valence-corrected chi connectivity index (χ2v) is 8.49. The van der Waals surface area contributed by atoms with Crippen LogP contribution in [-0.4, -0.2) is 34.7 Å². The molecular weight excluding hydrogens is 348 g/mol. The molecule has 3 rings (SSSR count). The van der Waals surface area contributed by atoms with E-state index in [1.807, 2.05) is 57.2 Å². The number of benzene rings is 2. The molecule has 1 aliphatic rings. The van der Waals surface area contributed by atoms with Crippen molar-refractivity contribution in [3.8, 4) is 0 Å². The zero-order valence-electron chi connectivity index (χ0n) is 15.5. The molecule has 140 valence electrons. The van der Waals surface area contributed by atoms with E-state index in [0.29, 0.717) is 4.90 Å². The van der Waals surface area contributed by atoms with Gasteiger partial charge in [0.25, 0.3) is 0 Å². The first-order valence-electron chi connectivity index (χ1n) is 8.89. The summed E-state index contributed by atoms with van der Waals surface area (Å²) >= 11 is 0. The summed E-state index contributed by atoms with van der Waals surface area (Å²) in [5.41, 5.74) is 3.76. The molecule has 0 spiro atoms. The van der Waals surface area contributed by atoms with Gasteiger partial charge in [0.1, 0.15) is 0 Å². The fourth-order valence-corrected chi connectivity index (χ4v) is 4.72. The first-order chi connectivity index (χ1) is 12.4. The molecule has 0 saturated carbocycles. The molecule has 2 aromatic rings. The predicted molar refractivity (Wildman–Crippen MR) is 104 cm³/mol. The highest BCUT2D eigenvalue weighted by atomic mass is 32.2. The average molecular weight is 375 g/mol. The Morgan fingerprint density at radius 2 is 1.69 bits per heavy atom. The van der Waals surface area contributed by atoms with Crippen LogP contribution in [0.4, 0.5) is 5.69 Å². The third-order valence-corrected chi connectivity index (χ3v) is 6.42. The van der Waals surface area contributed by atoms with Crippen LogP contribution in [-0.2, 0) is 14.8 Å². The molecule has 0 radical (unpaired) electrons. The van der Waals surface area contributed by atoms with Crippen molar-refractivity contribution in [1.29, 1.82) is 0 Å². The Bertz CT molecular complexity index is 857. The highest BCUT2D eigenvalue weighted by Gasteiger charge is 2.21. The van der Waals surface area contributed by atoms with Gasteiger partial charge in [-0.25, -0.2) is 13.1 Å². The average Bonchev–Trinajstić information content (AvgIpc) is 2.64. The Kier molecular flexibility index (Phi) is 5.65. The van der Waals surface area contributed by atoms with Gasteiger partial charge in [-0.1, -0.05) is 24.3 Å². The summed E-state index contributed by atoms with van der Waals surface area (Å²) in [6.45, 7) is 8.83. The van der Waals surface area contributed by atoms with Gasteiger partial charge >= 0.3 is 0 Å². The monoisotopic (exact) mass is 374 g/mol. The minimum absolute atomic E-state index is 0.307. The molecule has 2 aromatic carbocycles. The van der Waals surface area contributed by atoms with Crippen LogP contribution < -0.4 is 9.62 Å². The highest BCUT2D eigenvalue weighted by molar-refractivity contribution is 7.89. The van der Waals surface area contributed by atoms with Crippen LogP contribution in [0, 0.1) is 13.8 Å². The number of hydrogen-bond donors (Lipinski definition) is 1. The first-order valence-corrected chi connectivity index (χ1v) is 10.4. The number of nitrogens with one attached hydrogen (secondary N) is 1. The lowest BCUT2D eigenvalue weighted by molar-refractivity contribution is 0.122. The summed E-state index contributed by atoms with van der Waals surface area (Å²) < 4.78 is 33.7. The van der Waals surface area contributed by atoms with Gasteiger partial charge in [0.2, 0.25) is 10.0 Å². The van der Waals surface area contributed by atoms with Crippen LogP contribution in [0.5, 0.6) is 0 Å². The smallest absolute Gasteiger partial charge is 0.241 e. The Hall–Kier alpha value is -1.89. The second-order valence-electron chi connectivity index (χ2n) is 6.80. The van der Waals surface area contributed by atoms with Gasteiger partial charge in [-0.15, -0.1) is 0 Å². The van der Waals surface area contributed by atoms with E-state index < -0.39 is 10.0 Å². The summed E-state index contributed by atoms with van der Waals surface area (Å²) in [6.07, 6.45) is 0. The lowest BCUT2D eigenvalue weighted by Gasteiger charge is -2.29. The van der Waals surface area contributed by atoms with E-state index in [4.69, 9.17) is 4.74 Å². The SMILES string of the molecule is Cc1ccc(C)c(S(=O)(=O)N[C@@H](C)c2ccc(N3CCOCC3)cc2)c1. The van der Waals surface area contributed by atoms with Crippen LogP contribution in [0.15, 0.2) is 47.4 Å². The molecular formula is C20H26N2O3S. The zero-order valence-corrected chi connectivity index (χ0v) is 16.3. The van der Waals surface area contributed by atoms with E-state index in [0.717, 1.165) is 48.7 Å². The quantitative estimate of drug-likeness (QED) is 0.873. The molecule has 0 amide bonds. The molecule has 26 heavy (non-hydrogen) atoms. The maximum atomic E-state index is 12.8. The van der Waals surface area contributed by atoms with Crippen LogP contribution in [0.25, 0.3) is 0 Å². The van der Waals surface area contributed by atoms with Gasteiger partial charge < -0.3 is 9.64 Å². The van der Waals surface area contributed by atoms with Crippen molar-refractivity contribution in [2.45, 2.75) is 31.7 Å². The standard InChI is InChI=1S/C20H26N2O3S/c1-15-4-5-16(2)20(14-15)26(23,24)21-17(3)18-6-8-19(9-7-18)22-10-12-25-13-11-22/h4-9,14,17,21H,10-13H2,1-3H3/t17-/m0/s1. The van der Waals surface area contributed by atoms with Crippen molar-refractivity contribution in [3.63, 3.8) is 0 Å². The van der Waals surface area contributed by atoms with E-state index in [9.17, 15) is 8.42 Å². The number of sulfonamides is 1. The van der Waals surface area contributed by atoms with Gasteiger partial charge in [-0.2, -0.15) is 0 Å². The number of rotatable bonds is 5. The Morgan fingerprint density at radius 3 is 2.35 bits per heavy atom. The van der Waals surface area contributed by atoms with Crippen molar-refractivity contribution in [1.82, 2.24) is 4.72 Å². The number of ether oxygens (including phenoxy) is 1. The maximum Gasteiger partial charge on any atom is 0.241 e. The highest BCUT2D eigenvalue weighted by Crippen LogP contribution is 2.23. The van der Waals surface area contributed by atoms with Gasteiger partial charge in [0.05, 0.1) is 18.1 Å². The predicted octanol–water partition coefficient (Wildman–Crippen LogP) is 3.18. The first kappa shape index (κ1) is 18.9. The van der Waals surface area contributed by atoms with Crippen LogP contribution in [0.3, 0.4) is 0 Å². The second kappa shape index (κ2) is 7.78. The van der Waals surface area contributed by atoms with E-state index in [2.05, 4.69) is 9.62 Å². The molecule has 1 heterocycles. The number of aryl methyl sites for hydroxylation is 2. The summed E-state index contributed by atoms with van der Waals surface area (Å²) in [5.74, 6) is 0. The van der Waals surface area contributed by atoms with Crippen LogP contribution >= 0.6 is 0 Å². The minimum atomic E-state index is -3.57. The van der Waals surface area contributed by atoms with Crippen molar-refractivity contribution in [3.05, 3.63) is 59.2 Å². The molecule has 0 aliphatic carbocycles. The summed E-state index contributed by atoms with van der Waals surface area (Å²) in [6, 6.07) is 13.2. The van der Waals surface area contributed by atoms with Gasteiger partial charge in [-0.05, 0) is 55.7 Å². The van der Waals surface area contributed by atoms with Crippen molar-refractivity contribution < 1.29 is 13.2 Å². The lowest BCUT2D eigenvalue weighted by atomic mass is 10.1. The molecule has 1 saturated heterocycles. The van der Waals surface area contributed by atoms with Crippen molar-refractivity contribution >= 4 is 15.7 Å². The summed E-state index contributed by atoms with van der Waals surface area (Å²) in [5, 5.41) is 0. The number of hydrogen-bond acceptors (Lipinski definition) is 4. The Labute approximate surface area is 156 Å². The lowest BCUT2D eigenvalue weighted by Crippen LogP contribution is -2.36. The van der Waals surface area contributed by atoms with E-state index in [-0.39, 0.29) is 6.04 Å². The number of nitrogens with zero attached hydrogens (tertiary/aromatic N) is 1. The summed E-state index contributed by atoms with van der Waals surface area (Å²) in [4.78, 5) is 2.62. The molecule has 1 aliphatic heterocycles. The van der Waals surface area contributed by atoms with E-state index in [1.165, 1.54) is 0 Å². The minimum Gasteiger partial charge on any atom is -0.378 e. The largest absolute Gasteiger partial charge is 0.378 e. The number of morpholine rings is 1. The van der Waals surface area contributed by atoms with E-state index >= 15 is 0 Å². The molecule has 1 atom stereocenters. The van der Waals surface area contributed by atoms with Crippen LogP contribution in [0.2, 0.25) is 0 Å². The van der Waals surface area contributed by atoms with Gasteiger partial charge in [0.15, 0.2) is 0 Å². The van der Waals surface area contributed by atoms with Crippen molar-refractivity contribution in [2.75, 3.05) is 31.2 Å². The molecule has 1 N–H and O–H groups in total. The fourth-order valence-electron chi connectivity index (χ4n) is 3.16. The topological polar surface area (TPSA) is 58.6 Å². The van der Waals surface area contributed by atoms with Crippen molar-refractivity contribution in [2.24, 2.45) is 0 Å².